The van der Waals surface area contributed by atoms with Gasteiger partial charge in [0.1, 0.15) is 0 Å². The van der Waals surface area contributed by atoms with E-state index in [9.17, 15) is 9.59 Å². The number of rotatable bonds is 2. The SMILES string of the molecule is Cc1c(C(=O)O)ccc(=O)n1C(C)C. The lowest BCUT2D eigenvalue weighted by atomic mass is 10.2. The third-order valence-corrected chi connectivity index (χ3v) is 2.13. The van der Waals surface area contributed by atoms with Crippen molar-refractivity contribution >= 4 is 5.97 Å². The first-order valence-corrected chi connectivity index (χ1v) is 4.40. The van der Waals surface area contributed by atoms with Crippen LogP contribution in [0.4, 0.5) is 0 Å². The molecule has 0 unspecified atom stereocenters. The lowest BCUT2D eigenvalue weighted by molar-refractivity contribution is 0.0694. The van der Waals surface area contributed by atoms with Crippen molar-refractivity contribution in [1.82, 2.24) is 4.57 Å². The molecule has 0 aliphatic rings. The minimum Gasteiger partial charge on any atom is -0.478 e. The maximum Gasteiger partial charge on any atom is 0.337 e. The molecule has 76 valence electrons. The molecule has 1 rings (SSSR count). The largest absolute Gasteiger partial charge is 0.478 e. The fourth-order valence-electron chi connectivity index (χ4n) is 1.52. The van der Waals surface area contributed by atoms with Crippen molar-refractivity contribution in [2.75, 3.05) is 0 Å². The number of hydrogen-bond acceptors (Lipinski definition) is 2. The summed E-state index contributed by atoms with van der Waals surface area (Å²) in [6.45, 7) is 5.34. The van der Waals surface area contributed by atoms with Gasteiger partial charge in [-0.1, -0.05) is 0 Å². The predicted molar refractivity (Wildman–Crippen MR) is 52.8 cm³/mol. The molecule has 0 aliphatic carbocycles. The van der Waals surface area contributed by atoms with Crippen molar-refractivity contribution in [3.63, 3.8) is 0 Å². The molecule has 0 spiro atoms. The Kier molecular flexibility index (Phi) is 2.74. The number of aromatic nitrogens is 1. The molecule has 0 atom stereocenters. The summed E-state index contributed by atoms with van der Waals surface area (Å²) >= 11 is 0. The van der Waals surface area contributed by atoms with E-state index in [-0.39, 0.29) is 17.2 Å². The van der Waals surface area contributed by atoms with E-state index < -0.39 is 5.97 Å². The van der Waals surface area contributed by atoms with Crippen LogP contribution in [-0.2, 0) is 0 Å². The zero-order chi connectivity index (χ0) is 10.9. The minimum absolute atomic E-state index is 0.0261. The lowest BCUT2D eigenvalue weighted by Gasteiger charge is -2.14. The average Bonchev–Trinajstić information content (AvgIpc) is 2.02. The van der Waals surface area contributed by atoms with Crippen molar-refractivity contribution in [3.8, 4) is 0 Å². The van der Waals surface area contributed by atoms with Gasteiger partial charge in [-0.15, -0.1) is 0 Å². The first kappa shape index (κ1) is 10.5. The second-order valence-electron chi connectivity index (χ2n) is 3.44. The van der Waals surface area contributed by atoms with E-state index >= 15 is 0 Å². The van der Waals surface area contributed by atoms with Gasteiger partial charge in [0.2, 0.25) is 0 Å². The summed E-state index contributed by atoms with van der Waals surface area (Å²) in [5, 5.41) is 8.85. The Morgan fingerprint density at radius 3 is 2.43 bits per heavy atom. The van der Waals surface area contributed by atoms with Crippen LogP contribution in [0.3, 0.4) is 0 Å². The van der Waals surface area contributed by atoms with Crippen LogP contribution in [0, 0.1) is 6.92 Å². The van der Waals surface area contributed by atoms with E-state index in [4.69, 9.17) is 5.11 Å². The molecule has 1 aromatic rings. The molecule has 0 aliphatic heterocycles. The second-order valence-corrected chi connectivity index (χ2v) is 3.44. The van der Waals surface area contributed by atoms with E-state index in [1.165, 1.54) is 16.7 Å². The van der Waals surface area contributed by atoms with Gasteiger partial charge in [0.05, 0.1) is 5.56 Å². The molecule has 14 heavy (non-hydrogen) atoms. The van der Waals surface area contributed by atoms with Crippen LogP contribution in [0.1, 0.15) is 35.9 Å². The molecule has 0 fully saturated rings. The molecule has 0 radical (unpaired) electrons. The number of aromatic carboxylic acids is 1. The Morgan fingerprint density at radius 2 is 2.00 bits per heavy atom. The van der Waals surface area contributed by atoms with Gasteiger partial charge >= 0.3 is 5.97 Å². The normalized spacial score (nSPS) is 10.6. The number of carboxylic acid groups (broad SMARTS) is 1. The van der Waals surface area contributed by atoms with Crippen molar-refractivity contribution in [2.45, 2.75) is 26.8 Å². The molecule has 1 N–H and O–H groups in total. The third-order valence-electron chi connectivity index (χ3n) is 2.13. The maximum absolute atomic E-state index is 11.4. The number of nitrogens with zero attached hydrogens (tertiary/aromatic N) is 1. The summed E-state index contributed by atoms with van der Waals surface area (Å²) in [5.74, 6) is -1.00. The lowest BCUT2D eigenvalue weighted by Crippen LogP contribution is -2.25. The van der Waals surface area contributed by atoms with Gasteiger partial charge in [-0.3, -0.25) is 4.79 Å². The Bertz CT molecular complexity index is 418. The second kappa shape index (κ2) is 3.65. The average molecular weight is 195 g/mol. The summed E-state index contributed by atoms with van der Waals surface area (Å²) in [5.41, 5.74) is 0.515. The van der Waals surface area contributed by atoms with Crippen LogP contribution in [0.2, 0.25) is 0 Å². The zero-order valence-corrected chi connectivity index (χ0v) is 8.44. The highest BCUT2D eigenvalue weighted by Gasteiger charge is 2.12. The highest BCUT2D eigenvalue weighted by molar-refractivity contribution is 5.88. The monoisotopic (exact) mass is 195 g/mol. The van der Waals surface area contributed by atoms with E-state index in [1.807, 2.05) is 13.8 Å². The van der Waals surface area contributed by atoms with E-state index in [1.54, 1.807) is 6.92 Å². The first-order valence-electron chi connectivity index (χ1n) is 4.40. The number of hydrogen-bond donors (Lipinski definition) is 1. The van der Waals surface area contributed by atoms with Crippen LogP contribution < -0.4 is 5.56 Å². The van der Waals surface area contributed by atoms with Gasteiger partial charge in [0, 0.05) is 17.8 Å². The molecular formula is C10H13NO3. The molecule has 0 aromatic carbocycles. The topological polar surface area (TPSA) is 59.3 Å². The molecule has 0 amide bonds. The van der Waals surface area contributed by atoms with Crippen LogP contribution in [0.5, 0.6) is 0 Å². The van der Waals surface area contributed by atoms with Crippen LogP contribution >= 0.6 is 0 Å². The Morgan fingerprint density at radius 1 is 1.43 bits per heavy atom. The molecule has 1 heterocycles. The van der Waals surface area contributed by atoms with Crippen molar-refractivity contribution in [2.24, 2.45) is 0 Å². The molecule has 0 bridgehead atoms. The summed E-state index contributed by atoms with van der Waals surface area (Å²) in [6.07, 6.45) is 0. The quantitative estimate of drug-likeness (QED) is 0.776. The van der Waals surface area contributed by atoms with Crippen LogP contribution in [0.15, 0.2) is 16.9 Å². The summed E-state index contributed by atoms with van der Waals surface area (Å²) in [7, 11) is 0. The molecule has 4 heteroatoms. The molecule has 0 saturated carbocycles. The molecule has 1 aromatic heterocycles. The van der Waals surface area contributed by atoms with Crippen LogP contribution in [0.25, 0.3) is 0 Å². The third kappa shape index (κ3) is 1.69. The summed E-state index contributed by atoms with van der Waals surface area (Å²) in [6, 6.07) is 2.61. The van der Waals surface area contributed by atoms with Gasteiger partial charge in [-0.25, -0.2) is 4.79 Å². The predicted octanol–water partition coefficient (Wildman–Crippen LogP) is 1.44. The summed E-state index contributed by atoms with van der Waals surface area (Å²) < 4.78 is 1.48. The van der Waals surface area contributed by atoms with Crippen LogP contribution in [-0.4, -0.2) is 15.6 Å². The zero-order valence-electron chi connectivity index (χ0n) is 8.44. The summed E-state index contributed by atoms with van der Waals surface area (Å²) in [4.78, 5) is 22.2. The highest BCUT2D eigenvalue weighted by Crippen LogP contribution is 2.10. The van der Waals surface area contributed by atoms with Gasteiger partial charge in [0.25, 0.3) is 5.56 Å². The van der Waals surface area contributed by atoms with Gasteiger partial charge in [0.15, 0.2) is 0 Å². The Hall–Kier alpha value is -1.58. The molecule has 0 saturated heterocycles. The van der Waals surface area contributed by atoms with Crippen molar-refractivity contribution < 1.29 is 9.90 Å². The van der Waals surface area contributed by atoms with Crippen molar-refractivity contribution in [1.29, 1.82) is 0 Å². The van der Waals surface area contributed by atoms with Gasteiger partial charge in [-0.2, -0.15) is 0 Å². The highest BCUT2D eigenvalue weighted by atomic mass is 16.4. The van der Waals surface area contributed by atoms with E-state index in [0.717, 1.165) is 0 Å². The van der Waals surface area contributed by atoms with E-state index in [0.29, 0.717) is 5.69 Å². The van der Waals surface area contributed by atoms with Gasteiger partial charge in [-0.05, 0) is 26.8 Å². The minimum atomic E-state index is -1.00. The fourth-order valence-corrected chi connectivity index (χ4v) is 1.52. The number of pyridine rings is 1. The van der Waals surface area contributed by atoms with E-state index in [2.05, 4.69) is 0 Å². The Labute approximate surface area is 81.8 Å². The van der Waals surface area contributed by atoms with Crippen molar-refractivity contribution in [3.05, 3.63) is 33.7 Å². The number of carbonyl (C=O) groups is 1. The smallest absolute Gasteiger partial charge is 0.337 e. The number of carboxylic acids is 1. The molecular weight excluding hydrogens is 182 g/mol. The van der Waals surface area contributed by atoms with Gasteiger partial charge < -0.3 is 9.67 Å². The standard InChI is InChI=1S/C10H13NO3/c1-6(2)11-7(3)8(10(13)14)4-5-9(11)12/h4-6H,1-3H3,(H,13,14). The maximum atomic E-state index is 11.4. The first-order chi connectivity index (χ1) is 6.45. The Balaban J connectivity index is 3.49. The fraction of sp³-hybridized carbons (Fsp3) is 0.400. The molecule has 4 nitrogen and oxygen atoms in total.